The minimum absolute atomic E-state index is 0.0109. The number of nitrogens with one attached hydrogen (secondary N) is 2. The average Bonchev–Trinajstić information content (AvgIpc) is 3.07. The van der Waals surface area contributed by atoms with Crippen LogP contribution in [0.4, 0.5) is 0 Å². The van der Waals surface area contributed by atoms with E-state index in [1.54, 1.807) is 6.07 Å². The van der Waals surface area contributed by atoms with Gasteiger partial charge >= 0.3 is 0 Å². The smallest absolute Gasteiger partial charge is 0.251 e. The zero-order chi connectivity index (χ0) is 17.6. The van der Waals surface area contributed by atoms with E-state index >= 15 is 0 Å². The lowest BCUT2D eigenvalue weighted by molar-refractivity contribution is 0.0272. The van der Waals surface area contributed by atoms with E-state index in [9.17, 15) is 9.59 Å². The molecule has 0 spiro atoms. The van der Waals surface area contributed by atoms with Gasteiger partial charge in [0.05, 0.1) is 18.8 Å². The Kier molecular flexibility index (Phi) is 5.66. The molecule has 0 unspecified atom stereocenters. The van der Waals surface area contributed by atoms with Crippen molar-refractivity contribution in [3.63, 3.8) is 0 Å². The van der Waals surface area contributed by atoms with E-state index < -0.39 is 0 Å². The van der Waals surface area contributed by atoms with Crippen LogP contribution in [0.15, 0.2) is 47.3 Å². The number of carbonyl (C=O) groups excluding carboxylic acids is 1. The summed E-state index contributed by atoms with van der Waals surface area (Å²) >= 11 is 0. The Morgan fingerprint density at radius 1 is 1.24 bits per heavy atom. The number of rotatable bonds is 6. The second-order valence-corrected chi connectivity index (χ2v) is 6.46. The molecule has 25 heavy (non-hydrogen) atoms. The summed E-state index contributed by atoms with van der Waals surface area (Å²) in [4.78, 5) is 26.9. The van der Waals surface area contributed by atoms with Gasteiger partial charge in [0.2, 0.25) is 5.56 Å². The molecule has 132 valence electrons. The molecule has 2 N–H and O–H groups in total. The summed E-state index contributed by atoms with van der Waals surface area (Å²) in [6.07, 6.45) is 3.56. The van der Waals surface area contributed by atoms with E-state index in [4.69, 9.17) is 4.74 Å². The van der Waals surface area contributed by atoms with Crippen LogP contribution in [-0.2, 0) is 17.8 Å². The zero-order valence-corrected chi connectivity index (χ0v) is 14.5. The van der Waals surface area contributed by atoms with Crippen molar-refractivity contribution in [2.75, 3.05) is 0 Å². The number of hydrogen-bond acceptors (Lipinski definition) is 3. The van der Waals surface area contributed by atoms with Crippen LogP contribution < -0.4 is 10.9 Å². The standard InChI is InChI=1S/C20H24N2O3/c1-2-16-11-15(12-19(23)21-16)20(24)22-17-9-6-10-18(17)25-13-14-7-4-3-5-8-14/h3-5,7-8,11-12,17-18H,2,6,9-10,13H2,1H3,(H,21,23)(H,22,24)/t17-,18-/m1/s1. The summed E-state index contributed by atoms with van der Waals surface area (Å²) in [7, 11) is 0. The number of ether oxygens (including phenoxy) is 1. The van der Waals surface area contributed by atoms with Crippen molar-refractivity contribution in [1.29, 1.82) is 0 Å². The number of pyridine rings is 1. The predicted octanol–water partition coefficient (Wildman–Crippen LogP) is 2.81. The summed E-state index contributed by atoms with van der Waals surface area (Å²) in [5, 5.41) is 3.04. The fourth-order valence-corrected chi connectivity index (χ4v) is 3.24. The van der Waals surface area contributed by atoms with Crippen molar-refractivity contribution in [3.05, 3.63) is 69.6 Å². The highest BCUT2D eigenvalue weighted by Gasteiger charge is 2.29. The molecule has 1 heterocycles. The molecule has 3 rings (SSSR count). The lowest BCUT2D eigenvalue weighted by atomic mass is 10.1. The van der Waals surface area contributed by atoms with Crippen LogP contribution in [0.2, 0.25) is 0 Å². The number of benzene rings is 1. The molecule has 0 aliphatic heterocycles. The van der Waals surface area contributed by atoms with E-state index in [1.165, 1.54) is 6.07 Å². The van der Waals surface area contributed by atoms with E-state index in [0.29, 0.717) is 18.6 Å². The molecular weight excluding hydrogens is 316 g/mol. The fourth-order valence-electron chi connectivity index (χ4n) is 3.24. The van der Waals surface area contributed by atoms with Crippen molar-refractivity contribution in [2.45, 2.75) is 51.4 Å². The Labute approximate surface area is 147 Å². The first kappa shape index (κ1) is 17.4. The number of aromatic amines is 1. The van der Waals surface area contributed by atoms with Crippen LogP contribution >= 0.6 is 0 Å². The Morgan fingerprint density at radius 2 is 2.04 bits per heavy atom. The third-order valence-electron chi connectivity index (χ3n) is 4.62. The van der Waals surface area contributed by atoms with Gasteiger partial charge in [0.25, 0.3) is 5.91 Å². The largest absolute Gasteiger partial charge is 0.371 e. The maximum atomic E-state index is 12.5. The van der Waals surface area contributed by atoms with Gasteiger partial charge in [0, 0.05) is 17.3 Å². The summed E-state index contributed by atoms with van der Waals surface area (Å²) in [5.41, 5.74) is 2.06. The maximum Gasteiger partial charge on any atom is 0.251 e. The third kappa shape index (κ3) is 4.57. The molecule has 1 fully saturated rings. The molecule has 1 aliphatic rings. The number of H-pyrrole nitrogens is 1. The number of amides is 1. The minimum atomic E-state index is -0.243. The summed E-state index contributed by atoms with van der Waals surface area (Å²) in [6.45, 7) is 2.49. The Hall–Kier alpha value is -2.40. The van der Waals surface area contributed by atoms with Gasteiger partial charge in [-0.25, -0.2) is 0 Å². The fraction of sp³-hybridized carbons (Fsp3) is 0.400. The second-order valence-electron chi connectivity index (χ2n) is 6.46. The summed E-state index contributed by atoms with van der Waals surface area (Å²) in [6, 6.07) is 13.1. The number of hydrogen-bond donors (Lipinski definition) is 2. The molecule has 2 atom stereocenters. The SMILES string of the molecule is CCc1cc(C(=O)N[C@@H]2CCC[C@H]2OCc2ccccc2)cc(=O)[nH]1. The van der Waals surface area contributed by atoms with E-state index in [-0.39, 0.29) is 23.6 Å². The molecule has 0 bridgehead atoms. The quantitative estimate of drug-likeness (QED) is 0.849. The molecule has 5 nitrogen and oxygen atoms in total. The van der Waals surface area contributed by atoms with E-state index in [0.717, 1.165) is 30.5 Å². The molecule has 0 saturated heterocycles. The third-order valence-corrected chi connectivity index (χ3v) is 4.62. The van der Waals surface area contributed by atoms with Gasteiger partial charge in [-0.15, -0.1) is 0 Å². The van der Waals surface area contributed by atoms with Crippen LogP contribution in [0.5, 0.6) is 0 Å². The van der Waals surface area contributed by atoms with E-state index in [2.05, 4.69) is 10.3 Å². The van der Waals surface area contributed by atoms with Crippen molar-refractivity contribution < 1.29 is 9.53 Å². The zero-order valence-electron chi connectivity index (χ0n) is 14.5. The molecule has 5 heteroatoms. The number of aromatic nitrogens is 1. The molecular formula is C20H24N2O3. The van der Waals surface area contributed by atoms with Crippen LogP contribution in [0.3, 0.4) is 0 Å². The Morgan fingerprint density at radius 3 is 2.80 bits per heavy atom. The van der Waals surface area contributed by atoms with Gasteiger partial charge in [-0.1, -0.05) is 37.3 Å². The van der Waals surface area contributed by atoms with Gasteiger partial charge in [0.15, 0.2) is 0 Å². The first-order chi connectivity index (χ1) is 12.2. The molecule has 1 amide bonds. The normalized spacial score (nSPS) is 19.7. The predicted molar refractivity (Wildman–Crippen MR) is 96.6 cm³/mol. The number of carbonyl (C=O) groups is 1. The van der Waals surface area contributed by atoms with Gasteiger partial charge in [0.1, 0.15) is 0 Å². The highest BCUT2D eigenvalue weighted by molar-refractivity contribution is 5.94. The molecule has 2 aromatic rings. The van der Waals surface area contributed by atoms with Crippen LogP contribution in [-0.4, -0.2) is 23.0 Å². The van der Waals surface area contributed by atoms with E-state index in [1.807, 2.05) is 37.3 Å². The average molecular weight is 340 g/mol. The highest BCUT2D eigenvalue weighted by Crippen LogP contribution is 2.23. The highest BCUT2D eigenvalue weighted by atomic mass is 16.5. The lowest BCUT2D eigenvalue weighted by Crippen LogP contribution is -2.41. The van der Waals surface area contributed by atoms with Crippen LogP contribution in [0.25, 0.3) is 0 Å². The molecule has 1 aromatic heterocycles. The molecule has 1 saturated carbocycles. The van der Waals surface area contributed by atoms with Crippen molar-refractivity contribution >= 4 is 5.91 Å². The summed E-state index contributed by atoms with van der Waals surface area (Å²) < 4.78 is 6.02. The Bertz CT molecular complexity index is 770. The van der Waals surface area contributed by atoms with Crippen LogP contribution in [0, 0.1) is 0 Å². The van der Waals surface area contributed by atoms with Crippen molar-refractivity contribution in [2.24, 2.45) is 0 Å². The summed E-state index contributed by atoms with van der Waals surface area (Å²) in [5.74, 6) is -0.207. The van der Waals surface area contributed by atoms with Crippen LogP contribution in [0.1, 0.15) is 47.8 Å². The minimum Gasteiger partial charge on any atom is -0.371 e. The van der Waals surface area contributed by atoms with Gasteiger partial charge in [-0.3, -0.25) is 9.59 Å². The van der Waals surface area contributed by atoms with Gasteiger partial charge < -0.3 is 15.0 Å². The van der Waals surface area contributed by atoms with Gasteiger partial charge in [-0.05, 0) is 37.3 Å². The molecule has 0 radical (unpaired) electrons. The monoisotopic (exact) mass is 340 g/mol. The molecule has 1 aliphatic carbocycles. The maximum absolute atomic E-state index is 12.5. The lowest BCUT2D eigenvalue weighted by Gasteiger charge is -2.21. The number of aryl methyl sites for hydroxylation is 1. The Balaban J connectivity index is 1.62. The topological polar surface area (TPSA) is 71.2 Å². The first-order valence-electron chi connectivity index (χ1n) is 8.85. The van der Waals surface area contributed by atoms with Gasteiger partial charge in [-0.2, -0.15) is 0 Å². The first-order valence-corrected chi connectivity index (χ1v) is 8.85. The second kappa shape index (κ2) is 8.12. The van der Waals surface area contributed by atoms with Crippen molar-refractivity contribution in [3.8, 4) is 0 Å². The van der Waals surface area contributed by atoms with Crippen molar-refractivity contribution in [1.82, 2.24) is 10.3 Å². The molecule has 1 aromatic carbocycles.